The normalized spacial score (nSPS) is 20.0. The minimum atomic E-state index is -3.78. The third kappa shape index (κ3) is 5.11. The van der Waals surface area contributed by atoms with Gasteiger partial charge in [0.15, 0.2) is 0 Å². The molecule has 3 rings (SSSR count). The lowest BCUT2D eigenvalue weighted by molar-refractivity contribution is -0.0830. The maximum absolute atomic E-state index is 14.3. The lowest BCUT2D eigenvalue weighted by Crippen LogP contribution is -2.45. The first-order valence-electron chi connectivity index (χ1n) is 8.43. The molecule has 1 unspecified atom stereocenters. The van der Waals surface area contributed by atoms with Crippen molar-refractivity contribution in [1.82, 2.24) is 4.90 Å². The van der Waals surface area contributed by atoms with Gasteiger partial charge in [-0.15, -0.1) is 0 Å². The molecule has 0 radical (unpaired) electrons. The number of hydrogen-bond donors (Lipinski definition) is 0. The second-order valence-corrected chi connectivity index (χ2v) is 7.97. The zero-order chi connectivity index (χ0) is 18.6. The first kappa shape index (κ1) is 19.0. The van der Waals surface area contributed by atoms with E-state index in [0.29, 0.717) is 26.2 Å². The smallest absolute Gasteiger partial charge is 0.265 e. The monoisotopic (exact) mass is 379 g/mol. The topological polar surface area (TPSA) is 55.8 Å². The molecule has 1 fully saturated rings. The lowest BCUT2D eigenvalue weighted by Gasteiger charge is -2.36. The molecule has 0 saturated carbocycles. The summed E-state index contributed by atoms with van der Waals surface area (Å²) in [7, 11) is -3.78. The highest BCUT2D eigenvalue weighted by Gasteiger charge is 2.34. The quantitative estimate of drug-likeness (QED) is 0.723. The van der Waals surface area contributed by atoms with Crippen LogP contribution in [0.15, 0.2) is 54.6 Å². The standard InChI is InChI=1S/C19H22FNO4S/c1-26(22,23)25-19(16-9-5-6-10-17(16)20)18-14-21(11-12-24-18)13-15-7-3-2-4-8-15/h2-10,18-19H,11-14H2,1H3/t18-,19?/m0/s1. The van der Waals surface area contributed by atoms with Gasteiger partial charge in [0.1, 0.15) is 18.0 Å². The molecule has 5 nitrogen and oxygen atoms in total. The van der Waals surface area contributed by atoms with Crippen LogP contribution in [0.3, 0.4) is 0 Å². The highest BCUT2D eigenvalue weighted by atomic mass is 32.2. The van der Waals surface area contributed by atoms with Crippen molar-refractivity contribution in [3.05, 3.63) is 71.5 Å². The Bertz CT molecular complexity index is 828. The molecule has 1 aliphatic heterocycles. The molecule has 0 spiro atoms. The summed E-state index contributed by atoms with van der Waals surface area (Å²) in [6.45, 7) is 2.30. The van der Waals surface area contributed by atoms with Crippen molar-refractivity contribution in [1.29, 1.82) is 0 Å². The van der Waals surface area contributed by atoms with Gasteiger partial charge in [-0.3, -0.25) is 9.08 Å². The molecular formula is C19H22FNO4S. The van der Waals surface area contributed by atoms with Crippen molar-refractivity contribution in [2.45, 2.75) is 18.8 Å². The third-order valence-electron chi connectivity index (χ3n) is 4.25. The maximum atomic E-state index is 14.3. The van der Waals surface area contributed by atoms with Crippen molar-refractivity contribution in [2.24, 2.45) is 0 Å². The van der Waals surface area contributed by atoms with Crippen LogP contribution >= 0.6 is 0 Å². The van der Waals surface area contributed by atoms with Crippen molar-refractivity contribution >= 4 is 10.1 Å². The van der Waals surface area contributed by atoms with Crippen molar-refractivity contribution in [3.8, 4) is 0 Å². The summed E-state index contributed by atoms with van der Waals surface area (Å²) in [5, 5.41) is 0. The van der Waals surface area contributed by atoms with Gasteiger partial charge in [0.2, 0.25) is 0 Å². The molecule has 2 aromatic carbocycles. The summed E-state index contributed by atoms with van der Waals surface area (Å²) < 4.78 is 48.7. The van der Waals surface area contributed by atoms with E-state index in [1.165, 1.54) is 12.1 Å². The number of morpholine rings is 1. The van der Waals surface area contributed by atoms with Crippen molar-refractivity contribution in [3.63, 3.8) is 0 Å². The third-order valence-corrected chi connectivity index (χ3v) is 4.81. The number of nitrogens with zero attached hydrogens (tertiary/aromatic N) is 1. The SMILES string of the molecule is CS(=O)(=O)OC(c1ccccc1F)[C@@H]1CN(Cc2ccccc2)CCO1. The Morgan fingerprint density at radius 2 is 1.88 bits per heavy atom. The van der Waals surface area contributed by atoms with Crippen LogP contribution in [-0.2, 0) is 25.6 Å². The summed E-state index contributed by atoms with van der Waals surface area (Å²) in [5.74, 6) is -0.509. The van der Waals surface area contributed by atoms with E-state index in [2.05, 4.69) is 4.90 Å². The summed E-state index contributed by atoms with van der Waals surface area (Å²) in [6, 6.07) is 16.0. The fourth-order valence-corrected chi connectivity index (χ4v) is 3.71. The summed E-state index contributed by atoms with van der Waals surface area (Å²) in [5.41, 5.74) is 1.34. The predicted molar refractivity (Wildman–Crippen MR) is 96.5 cm³/mol. The fourth-order valence-electron chi connectivity index (χ4n) is 3.11. The van der Waals surface area contributed by atoms with E-state index in [1.54, 1.807) is 12.1 Å². The van der Waals surface area contributed by atoms with Crippen LogP contribution in [-0.4, -0.2) is 45.4 Å². The van der Waals surface area contributed by atoms with Crippen molar-refractivity contribution in [2.75, 3.05) is 26.0 Å². The maximum Gasteiger partial charge on any atom is 0.265 e. The van der Waals surface area contributed by atoms with E-state index in [1.807, 2.05) is 30.3 Å². The molecule has 0 N–H and O–H groups in total. The second kappa shape index (κ2) is 8.26. The number of benzene rings is 2. The van der Waals surface area contributed by atoms with Gasteiger partial charge in [-0.2, -0.15) is 8.42 Å². The predicted octanol–water partition coefficient (Wildman–Crippen LogP) is 2.74. The summed E-state index contributed by atoms with van der Waals surface area (Å²) in [4.78, 5) is 2.16. The van der Waals surface area contributed by atoms with Crippen LogP contribution in [0.2, 0.25) is 0 Å². The minimum absolute atomic E-state index is 0.185. The van der Waals surface area contributed by atoms with E-state index in [4.69, 9.17) is 8.92 Å². The Morgan fingerprint density at radius 3 is 2.58 bits per heavy atom. The number of hydrogen-bond acceptors (Lipinski definition) is 5. The summed E-state index contributed by atoms with van der Waals surface area (Å²) >= 11 is 0. The van der Waals surface area contributed by atoms with E-state index >= 15 is 0 Å². The Hall–Kier alpha value is -1.80. The zero-order valence-electron chi connectivity index (χ0n) is 14.5. The van der Waals surface area contributed by atoms with Gasteiger partial charge in [0.25, 0.3) is 10.1 Å². The Labute approximate surface area is 153 Å². The first-order chi connectivity index (χ1) is 12.4. The second-order valence-electron chi connectivity index (χ2n) is 6.37. The Balaban J connectivity index is 1.80. The average Bonchev–Trinajstić information content (AvgIpc) is 2.61. The van der Waals surface area contributed by atoms with Gasteiger partial charge in [-0.25, -0.2) is 4.39 Å². The number of halogens is 1. The molecule has 1 saturated heterocycles. The van der Waals surface area contributed by atoms with E-state index in [0.717, 1.165) is 11.8 Å². The Kier molecular flexibility index (Phi) is 6.03. The molecule has 1 heterocycles. The van der Waals surface area contributed by atoms with Crippen LogP contribution in [0.4, 0.5) is 4.39 Å². The van der Waals surface area contributed by atoms with Gasteiger partial charge < -0.3 is 4.74 Å². The zero-order valence-corrected chi connectivity index (χ0v) is 15.4. The lowest BCUT2D eigenvalue weighted by atomic mass is 10.0. The molecule has 0 bridgehead atoms. The molecule has 0 aliphatic carbocycles. The van der Waals surface area contributed by atoms with Crippen LogP contribution in [0.25, 0.3) is 0 Å². The highest BCUT2D eigenvalue weighted by Crippen LogP contribution is 2.30. The van der Waals surface area contributed by atoms with Crippen LogP contribution in [0.1, 0.15) is 17.2 Å². The molecule has 0 aromatic heterocycles. The number of rotatable bonds is 6. The fraction of sp³-hybridized carbons (Fsp3) is 0.368. The van der Waals surface area contributed by atoms with Crippen LogP contribution in [0, 0.1) is 5.82 Å². The number of ether oxygens (including phenoxy) is 1. The van der Waals surface area contributed by atoms with Crippen LogP contribution < -0.4 is 0 Å². The van der Waals surface area contributed by atoms with Crippen molar-refractivity contribution < 1.29 is 21.7 Å². The first-order valence-corrected chi connectivity index (χ1v) is 10.2. The van der Waals surface area contributed by atoms with Crippen LogP contribution in [0.5, 0.6) is 0 Å². The Morgan fingerprint density at radius 1 is 1.19 bits per heavy atom. The molecule has 2 atom stereocenters. The van der Waals surface area contributed by atoms with Gasteiger partial charge in [-0.1, -0.05) is 48.5 Å². The minimum Gasteiger partial charge on any atom is -0.372 e. The molecule has 140 valence electrons. The van der Waals surface area contributed by atoms with Gasteiger partial charge in [-0.05, 0) is 11.6 Å². The summed E-state index contributed by atoms with van der Waals surface area (Å²) in [6.07, 6.45) is -0.644. The van der Waals surface area contributed by atoms with E-state index in [9.17, 15) is 12.8 Å². The molecule has 2 aromatic rings. The molecular weight excluding hydrogens is 357 g/mol. The highest BCUT2D eigenvalue weighted by molar-refractivity contribution is 7.86. The van der Waals surface area contributed by atoms with Gasteiger partial charge >= 0.3 is 0 Å². The molecule has 0 amide bonds. The molecule has 26 heavy (non-hydrogen) atoms. The molecule has 7 heteroatoms. The van der Waals surface area contributed by atoms with E-state index < -0.39 is 28.1 Å². The van der Waals surface area contributed by atoms with E-state index in [-0.39, 0.29) is 5.56 Å². The molecule has 1 aliphatic rings. The van der Waals surface area contributed by atoms with Gasteiger partial charge in [0, 0.05) is 25.2 Å². The van der Waals surface area contributed by atoms with Gasteiger partial charge in [0.05, 0.1) is 12.9 Å². The average molecular weight is 379 g/mol. The largest absolute Gasteiger partial charge is 0.372 e.